The molecule has 0 aliphatic carbocycles. The molecular weight excluding hydrogens is 474 g/mol. The molecule has 1 amide bonds. The lowest BCUT2D eigenvalue weighted by Crippen LogP contribution is -2.12. The first-order valence-electron chi connectivity index (χ1n) is 9.33. The van der Waals surface area contributed by atoms with Gasteiger partial charge in [-0.1, -0.05) is 23.2 Å². The Bertz CT molecular complexity index is 1360. The second-order valence-corrected chi connectivity index (χ2v) is 7.62. The van der Waals surface area contributed by atoms with Gasteiger partial charge in [-0.15, -0.1) is 0 Å². The van der Waals surface area contributed by atoms with Gasteiger partial charge in [-0.05, 0) is 48.5 Å². The number of nitrogens with zero attached hydrogens (tertiary/aromatic N) is 2. The fraction of sp³-hybridized carbons (Fsp3) is 0. The van der Waals surface area contributed by atoms with Crippen molar-refractivity contribution in [2.75, 3.05) is 5.32 Å². The first-order valence-corrected chi connectivity index (χ1v) is 10.1. The number of aromatic nitrogens is 2. The minimum absolute atomic E-state index is 0.0836. The first kappa shape index (κ1) is 22.3. The van der Waals surface area contributed by atoms with Crippen molar-refractivity contribution in [3.63, 3.8) is 0 Å². The number of non-ortho nitro benzene ring substituents is 1. The van der Waals surface area contributed by atoms with Gasteiger partial charge < -0.3 is 10.1 Å². The number of nitro benzene ring substituents is 1. The fourth-order valence-electron chi connectivity index (χ4n) is 2.91. The predicted molar refractivity (Wildman–Crippen MR) is 122 cm³/mol. The molecule has 4 aromatic rings. The van der Waals surface area contributed by atoms with E-state index in [9.17, 15) is 19.3 Å². The van der Waals surface area contributed by atoms with Crippen LogP contribution in [-0.4, -0.2) is 21.0 Å². The fourth-order valence-corrected chi connectivity index (χ4v) is 3.36. The van der Waals surface area contributed by atoms with E-state index in [0.717, 1.165) is 0 Å². The van der Waals surface area contributed by atoms with Crippen molar-refractivity contribution in [3.05, 3.63) is 98.4 Å². The number of aromatic amines is 1. The Balaban J connectivity index is 1.57. The molecule has 166 valence electrons. The van der Waals surface area contributed by atoms with Crippen LogP contribution in [0.5, 0.6) is 11.5 Å². The number of nitrogens with one attached hydrogen (secondary N) is 2. The molecule has 0 atom stereocenters. The predicted octanol–water partition coefficient (Wildman–Crippen LogP) is 6.48. The van der Waals surface area contributed by atoms with E-state index in [2.05, 4.69) is 15.5 Å². The highest BCUT2D eigenvalue weighted by molar-refractivity contribution is 6.35. The Morgan fingerprint density at radius 3 is 2.52 bits per heavy atom. The van der Waals surface area contributed by atoms with Gasteiger partial charge >= 0.3 is 0 Å². The topological polar surface area (TPSA) is 110 Å². The average molecular weight is 487 g/mol. The van der Waals surface area contributed by atoms with Crippen LogP contribution >= 0.6 is 23.2 Å². The number of nitro groups is 1. The van der Waals surface area contributed by atoms with Crippen LogP contribution < -0.4 is 10.1 Å². The van der Waals surface area contributed by atoms with Crippen molar-refractivity contribution < 1.29 is 18.8 Å². The average Bonchev–Trinajstić information content (AvgIpc) is 3.26. The summed E-state index contributed by atoms with van der Waals surface area (Å²) in [5, 5.41) is 21.2. The molecule has 3 aromatic carbocycles. The molecule has 8 nitrogen and oxygen atoms in total. The largest absolute Gasteiger partial charge is 0.455 e. The van der Waals surface area contributed by atoms with Crippen LogP contribution in [0.2, 0.25) is 10.0 Å². The number of carbonyl (C=O) groups excluding carboxylic acids is 1. The van der Waals surface area contributed by atoms with Gasteiger partial charge in [-0.25, -0.2) is 4.39 Å². The molecule has 11 heteroatoms. The van der Waals surface area contributed by atoms with Gasteiger partial charge in [0.2, 0.25) is 0 Å². The van der Waals surface area contributed by atoms with Gasteiger partial charge in [0.05, 0.1) is 27.4 Å². The zero-order valence-electron chi connectivity index (χ0n) is 16.5. The van der Waals surface area contributed by atoms with Crippen LogP contribution in [0.15, 0.2) is 66.7 Å². The van der Waals surface area contributed by atoms with Crippen molar-refractivity contribution in [2.24, 2.45) is 0 Å². The third kappa shape index (κ3) is 5.28. The van der Waals surface area contributed by atoms with E-state index < -0.39 is 16.6 Å². The van der Waals surface area contributed by atoms with Crippen LogP contribution in [0.1, 0.15) is 10.5 Å². The lowest BCUT2D eigenvalue weighted by molar-refractivity contribution is -0.384. The Morgan fingerprint density at radius 2 is 1.82 bits per heavy atom. The van der Waals surface area contributed by atoms with Gasteiger partial charge in [0, 0.05) is 22.7 Å². The number of hydrogen-bond donors (Lipinski definition) is 2. The highest BCUT2D eigenvalue weighted by atomic mass is 35.5. The molecule has 33 heavy (non-hydrogen) atoms. The molecule has 0 radical (unpaired) electrons. The highest BCUT2D eigenvalue weighted by Gasteiger charge is 2.16. The third-order valence-electron chi connectivity index (χ3n) is 4.44. The van der Waals surface area contributed by atoms with E-state index in [1.165, 1.54) is 60.7 Å². The molecular formula is C22H13Cl2FN4O4. The van der Waals surface area contributed by atoms with Gasteiger partial charge in [0.25, 0.3) is 11.6 Å². The van der Waals surface area contributed by atoms with Gasteiger partial charge in [0.1, 0.15) is 23.0 Å². The second kappa shape index (κ2) is 9.27. The summed E-state index contributed by atoms with van der Waals surface area (Å²) < 4.78 is 18.8. The van der Waals surface area contributed by atoms with E-state index >= 15 is 0 Å². The molecule has 0 unspecified atom stereocenters. The molecule has 0 aliphatic rings. The lowest BCUT2D eigenvalue weighted by Gasteiger charge is -2.10. The zero-order valence-corrected chi connectivity index (χ0v) is 18.0. The first-order chi connectivity index (χ1) is 15.8. The molecule has 0 saturated heterocycles. The number of amides is 1. The number of ether oxygens (including phenoxy) is 1. The minimum Gasteiger partial charge on any atom is -0.455 e. The molecule has 0 aliphatic heterocycles. The van der Waals surface area contributed by atoms with Crippen LogP contribution in [-0.2, 0) is 0 Å². The Kier molecular flexibility index (Phi) is 6.25. The van der Waals surface area contributed by atoms with Crippen molar-refractivity contribution in [1.82, 2.24) is 10.2 Å². The molecule has 0 spiro atoms. The van der Waals surface area contributed by atoms with Crippen LogP contribution in [0.25, 0.3) is 11.3 Å². The van der Waals surface area contributed by atoms with Gasteiger partial charge in [-0.3, -0.25) is 20.0 Å². The Morgan fingerprint density at radius 1 is 1.06 bits per heavy atom. The summed E-state index contributed by atoms with van der Waals surface area (Å²) in [4.78, 5) is 23.4. The van der Waals surface area contributed by atoms with Crippen LogP contribution in [0, 0.1) is 15.9 Å². The smallest absolute Gasteiger partial charge is 0.275 e. The van der Waals surface area contributed by atoms with Crippen LogP contribution in [0.3, 0.4) is 0 Å². The summed E-state index contributed by atoms with van der Waals surface area (Å²) in [6, 6.07) is 15.4. The van der Waals surface area contributed by atoms with E-state index in [-0.39, 0.29) is 33.6 Å². The summed E-state index contributed by atoms with van der Waals surface area (Å²) >= 11 is 12.0. The minimum atomic E-state index is -0.616. The van der Waals surface area contributed by atoms with Crippen molar-refractivity contribution >= 4 is 40.5 Å². The van der Waals surface area contributed by atoms with Crippen LogP contribution in [0.4, 0.5) is 15.8 Å². The summed E-state index contributed by atoms with van der Waals surface area (Å²) in [6.07, 6.45) is 0. The monoisotopic (exact) mass is 486 g/mol. The lowest BCUT2D eigenvalue weighted by atomic mass is 10.1. The standard InChI is InChI=1S/C22H13Cl2FN4O4/c23-13-3-6-21(18(24)7-13)33-17-9-15(8-16(10-17)29(31)32)26-22(30)20-11-19(27-28-20)12-1-4-14(25)5-2-12/h1-11H,(H,26,30)(H,27,28). The van der Waals surface area contributed by atoms with Gasteiger partial charge in [-0.2, -0.15) is 5.10 Å². The Hall–Kier alpha value is -3.95. The maximum absolute atomic E-state index is 13.1. The van der Waals surface area contributed by atoms with E-state index in [1.807, 2.05) is 0 Å². The van der Waals surface area contributed by atoms with E-state index in [4.69, 9.17) is 27.9 Å². The number of hydrogen-bond acceptors (Lipinski definition) is 5. The Labute approximate surface area is 196 Å². The SMILES string of the molecule is O=C(Nc1cc(Oc2ccc(Cl)cc2Cl)cc([N+](=O)[O-])c1)c1cc(-c2ccc(F)cc2)n[nH]1. The quantitative estimate of drug-likeness (QED) is 0.239. The van der Waals surface area contributed by atoms with Crippen molar-refractivity contribution in [2.45, 2.75) is 0 Å². The van der Waals surface area contributed by atoms with Crippen molar-refractivity contribution in [3.8, 4) is 22.8 Å². The third-order valence-corrected chi connectivity index (χ3v) is 4.97. The summed E-state index contributed by atoms with van der Waals surface area (Å²) in [5.74, 6) is -0.667. The summed E-state index contributed by atoms with van der Waals surface area (Å²) in [6.45, 7) is 0. The highest BCUT2D eigenvalue weighted by Crippen LogP contribution is 2.34. The zero-order chi connectivity index (χ0) is 23.5. The molecule has 2 N–H and O–H groups in total. The molecule has 4 rings (SSSR count). The molecule has 1 aromatic heterocycles. The molecule has 1 heterocycles. The number of carbonyl (C=O) groups is 1. The number of rotatable bonds is 6. The molecule has 0 saturated carbocycles. The normalized spacial score (nSPS) is 10.6. The van der Waals surface area contributed by atoms with E-state index in [1.54, 1.807) is 6.07 Å². The van der Waals surface area contributed by atoms with E-state index in [0.29, 0.717) is 16.3 Å². The molecule has 0 fully saturated rings. The molecule has 0 bridgehead atoms. The maximum Gasteiger partial charge on any atom is 0.275 e. The maximum atomic E-state index is 13.1. The number of halogens is 3. The van der Waals surface area contributed by atoms with Gasteiger partial charge in [0.15, 0.2) is 0 Å². The van der Waals surface area contributed by atoms with Crippen molar-refractivity contribution in [1.29, 1.82) is 0 Å². The summed E-state index contributed by atoms with van der Waals surface area (Å²) in [7, 11) is 0. The number of anilines is 1. The number of H-pyrrole nitrogens is 1. The second-order valence-electron chi connectivity index (χ2n) is 6.78. The summed E-state index contributed by atoms with van der Waals surface area (Å²) in [5.41, 5.74) is 0.957. The number of benzene rings is 3.